The van der Waals surface area contributed by atoms with E-state index in [0.717, 1.165) is 19.7 Å². The lowest BCUT2D eigenvalue weighted by Gasteiger charge is -2.26. The molecule has 0 bridgehead atoms. The fraction of sp³-hybridized carbons (Fsp3) is 0.867. The van der Waals surface area contributed by atoms with Gasteiger partial charge in [0.2, 0.25) is 0 Å². The number of methoxy groups -OCH3 is 1. The standard InChI is InChI=1S/C15H30N2O/c1-3-16-10-6-4-5-7-11-17-12-8-15(9-13-17)14-18-2/h8,16H,3-7,9-14H2,1-2H3. The maximum atomic E-state index is 5.17. The summed E-state index contributed by atoms with van der Waals surface area (Å²) in [6, 6.07) is 0. The molecule has 1 N–H and O–H groups in total. The molecule has 0 saturated carbocycles. The summed E-state index contributed by atoms with van der Waals surface area (Å²) in [4.78, 5) is 2.56. The maximum absolute atomic E-state index is 5.17. The number of unbranched alkanes of at least 4 members (excludes halogenated alkanes) is 3. The second-order valence-electron chi connectivity index (χ2n) is 5.11. The smallest absolute Gasteiger partial charge is 0.0673 e. The Bertz CT molecular complexity index is 229. The molecule has 0 aromatic carbocycles. The van der Waals surface area contributed by atoms with E-state index < -0.39 is 0 Å². The maximum Gasteiger partial charge on any atom is 0.0673 e. The largest absolute Gasteiger partial charge is 0.380 e. The van der Waals surface area contributed by atoms with Crippen LogP contribution in [0.2, 0.25) is 0 Å². The molecule has 18 heavy (non-hydrogen) atoms. The molecule has 106 valence electrons. The number of rotatable bonds is 10. The van der Waals surface area contributed by atoms with Crippen LogP contribution in [0, 0.1) is 0 Å². The lowest BCUT2D eigenvalue weighted by atomic mass is 10.1. The van der Waals surface area contributed by atoms with Crippen LogP contribution >= 0.6 is 0 Å². The van der Waals surface area contributed by atoms with E-state index in [1.54, 1.807) is 7.11 Å². The highest BCUT2D eigenvalue weighted by molar-refractivity contribution is 5.07. The zero-order chi connectivity index (χ0) is 13.1. The molecule has 0 aliphatic carbocycles. The van der Waals surface area contributed by atoms with Crippen molar-refractivity contribution in [3.63, 3.8) is 0 Å². The van der Waals surface area contributed by atoms with Gasteiger partial charge in [0.25, 0.3) is 0 Å². The van der Waals surface area contributed by atoms with E-state index in [1.807, 2.05) is 0 Å². The normalized spacial score (nSPS) is 16.9. The number of hydrogen-bond acceptors (Lipinski definition) is 3. The van der Waals surface area contributed by atoms with Crippen molar-refractivity contribution >= 4 is 0 Å². The van der Waals surface area contributed by atoms with Gasteiger partial charge in [-0.1, -0.05) is 25.8 Å². The highest BCUT2D eigenvalue weighted by atomic mass is 16.5. The summed E-state index contributed by atoms with van der Waals surface area (Å²) < 4.78 is 5.17. The van der Waals surface area contributed by atoms with Gasteiger partial charge in [-0.05, 0) is 44.5 Å². The molecule has 0 amide bonds. The minimum atomic E-state index is 0.818. The van der Waals surface area contributed by atoms with Gasteiger partial charge in [-0.15, -0.1) is 0 Å². The molecule has 0 saturated heterocycles. The number of hydrogen-bond donors (Lipinski definition) is 1. The van der Waals surface area contributed by atoms with Gasteiger partial charge in [-0.25, -0.2) is 0 Å². The summed E-state index contributed by atoms with van der Waals surface area (Å²) in [7, 11) is 1.78. The zero-order valence-electron chi connectivity index (χ0n) is 12.2. The van der Waals surface area contributed by atoms with Crippen LogP contribution in [-0.2, 0) is 4.74 Å². The lowest BCUT2D eigenvalue weighted by Crippen LogP contribution is -2.30. The van der Waals surface area contributed by atoms with Crippen molar-refractivity contribution in [2.75, 3.05) is 46.4 Å². The van der Waals surface area contributed by atoms with Crippen molar-refractivity contribution in [1.29, 1.82) is 0 Å². The first-order chi connectivity index (χ1) is 8.86. The second-order valence-corrected chi connectivity index (χ2v) is 5.11. The highest BCUT2D eigenvalue weighted by Crippen LogP contribution is 2.12. The highest BCUT2D eigenvalue weighted by Gasteiger charge is 2.10. The van der Waals surface area contributed by atoms with E-state index in [1.165, 1.54) is 57.3 Å². The van der Waals surface area contributed by atoms with Gasteiger partial charge in [0.1, 0.15) is 0 Å². The van der Waals surface area contributed by atoms with E-state index in [0.29, 0.717) is 0 Å². The summed E-state index contributed by atoms with van der Waals surface area (Å²) in [5.41, 5.74) is 1.47. The van der Waals surface area contributed by atoms with Crippen molar-refractivity contribution in [1.82, 2.24) is 10.2 Å². The van der Waals surface area contributed by atoms with Crippen molar-refractivity contribution in [3.8, 4) is 0 Å². The fourth-order valence-electron chi connectivity index (χ4n) is 2.39. The summed E-state index contributed by atoms with van der Waals surface area (Å²) in [6.45, 7) is 8.87. The monoisotopic (exact) mass is 254 g/mol. The molecule has 0 aromatic heterocycles. The summed E-state index contributed by atoms with van der Waals surface area (Å²) in [6.07, 6.45) is 8.94. The Balaban J connectivity index is 1.94. The SMILES string of the molecule is CCNCCCCCCN1CC=C(COC)CC1. The van der Waals surface area contributed by atoms with Crippen LogP contribution < -0.4 is 5.32 Å². The predicted octanol–water partition coefficient (Wildman–Crippen LogP) is 2.43. The molecule has 3 nitrogen and oxygen atoms in total. The van der Waals surface area contributed by atoms with Gasteiger partial charge in [0, 0.05) is 20.2 Å². The quantitative estimate of drug-likeness (QED) is 0.479. The Kier molecular flexibility index (Phi) is 9.17. The van der Waals surface area contributed by atoms with Crippen LogP contribution in [0.3, 0.4) is 0 Å². The Morgan fingerprint density at radius 3 is 2.78 bits per heavy atom. The van der Waals surface area contributed by atoms with Crippen LogP contribution in [0.4, 0.5) is 0 Å². The Labute approximate surface area is 113 Å². The average Bonchev–Trinajstić information content (AvgIpc) is 2.40. The molecule has 1 aliphatic heterocycles. The molecular formula is C15H30N2O. The topological polar surface area (TPSA) is 24.5 Å². The molecule has 0 radical (unpaired) electrons. The van der Waals surface area contributed by atoms with Crippen LogP contribution in [0.15, 0.2) is 11.6 Å². The van der Waals surface area contributed by atoms with Crippen LogP contribution in [0.5, 0.6) is 0 Å². The Morgan fingerprint density at radius 2 is 2.11 bits per heavy atom. The summed E-state index contributed by atoms with van der Waals surface area (Å²) in [5, 5.41) is 3.38. The number of ether oxygens (including phenoxy) is 1. The first-order valence-electron chi connectivity index (χ1n) is 7.46. The molecule has 0 atom stereocenters. The second kappa shape index (κ2) is 10.5. The number of nitrogens with zero attached hydrogens (tertiary/aromatic N) is 1. The van der Waals surface area contributed by atoms with Gasteiger partial charge in [-0.2, -0.15) is 0 Å². The van der Waals surface area contributed by atoms with Crippen molar-refractivity contribution in [3.05, 3.63) is 11.6 Å². The summed E-state index contributed by atoms with van der Waals surface area (Å²) >= 11 is 0. The zero-order valence-corrected chi connectivity index (χ0v) is 12.2. The predicted molar refractivity (Wildman–Crippen MR) is 78.0 cm³/mol. The van der Waals surface area contributed by atoms with E-state index in [9.17, 15) is 0 Å². The van der Waals surface area contributed by atoms with Gasteiger partial charge in [0.05, 0.1) is 6.61 Å². The molecule has 0 spiro atoms. The third kappa shape index (κ3) is 7.14. The molecule has 0 aromatic rings. The van der Waals surface area contributed by atoms with Crippen LogP contribution in [0.1, 0.15) is 39.0 Å². The van der Waals surface area contributed by atoms with Crippen molar-refractivity contribution < 1.29 is 4.74 Å². The van der Waals surface area contributed by atoms with Crippen molar-refractivity contribution in [2.45, 2.75) is 39.0 Å². The average molecular weight is 254 g/mol. The summed E-state index contributed by atoms with van der Waals surface area (Å²) in [5.74, 6) is 0. The minimum Gasteiger partial charge on any atom is -0.380 e. The van der Waals surface area contributed by atoms with E-state index >= 15 is 0 Å². The lowest BCUT2D eigenvalue weighted by molar-refractivity contribution is 0.211. The van der Waals surface area contributed by atoms with Crippen LogP contribution in [-0.4, -0.2) is 51.3 Å². The molecule has 1 rings (SSSR count). The van der Waals surface area contributed by atoms with E-state index in [-0.39, 0.29) is 0 Å². The molecule has 0 unspecified atom stereocenters. The first-order valence-corrected chi connectivity index (χ1v) is 7.46. The molecule has 1 heterocycles. The minimum absolute atomic E-state index is 0.818. The van der Waals surface area contributed by atoms with Crippen LogP contribution in [0.25, 0.3) is 0 Å². The van der Waals surface area contributed by atoms with Gasteiger partial charge in [-0.3, -0.25) is 4.90 Å². The third-order valence-corrected chi connectivity index (χ3v) is 3.54. The van der Waals surface area contributed by atoms with Crippen molar-refractivity contribution in [2.24, 2.45) is 0 Å². The van der Waals surface area contributed by atoms with Gasteiger partial charge < -0.3 is 10.1 Å². The molecule has 1 aliphatic rings. The van der Waals surface area contributed by atoms with Gasteiger partial charge >= 0.3 is 0 Å². The van der Waals surface area contributed by atoms with E-state index in [4.69, 9.17) is 4.74 Å². The molecule has 0 fully saturated rings. The fourth-order valence-corrected chi connectivity index (χ4v) is 2.39. The Hall–Kier alpha value is -0.380. The number of nitrogens with one attached hydrogen (secondary N) is 1. The van der Waals surface area contributed by atoms with E-state index in [2.05, 4.69) is 23.2 Å². The van der Waals surface area contributed by atoms with Gasteiger partial charge in [0.15, 0.2) is 0 Å². The first kappa shape index (κ1) is 15.7. The Morgan fingerprint density at radius 1 is 1.28 bits per heavy atom. The molecule has 3 heteroatoms. The third-order valence-electron chi connectivity index (χ3n) is 3.54. The molecular weight excluding hydrogens is 224 g/mol.